The Labute approximate surface area is 143 Å². The standard InChI is InChI=1S/C19H27N3O2/c1-2-11-20-18(23)15-6-7-17(21-14-15)22-16-8-12-24-19(13-16)9-4-3-5-10-19/h2,6-7,14,16H,1,3-5,8-13H2,(H,20,23)(H,21,22). The van der Waals surface area contributed by atoms with E-state index in [0.717, 1.165) is 25.3 Å². The molecule has 2 N–H and O–H groups in total. The van der Waals surface area contributed by atoms with Crippen molar-refractivity contribution in [3.63, 3.8) is 0 Å². The molecule has 0 bridgehead atoms. The largest absolute Gasteiger partial charge is 0.375 e. The molecule has 1 aliphatic heterocycles. The molecule has 1 saturated carbocycles. The van der Waals surface area contributed by atoms with Gasteiger partial charge >= 0.3 is 0 Å². The monoisotopic (exact) mass is 329 g/mol. The van der Waals surface area contributed by atoms with Crippen LogP contribution in [-0.2, 0) is 4.74 Å². The fourth-order valence-electron chi connectivity index (χ4n) is 3.79. The van der Waals surface area contributed by atoms with Crippen molar-refractivity contribution in [2.24, 2.45) is 0 Å². The van der Waals surface area contributed by atoms with Crippen LogP contribution < -0.4 is 10.6 Å². The van der Waals surface area contributed by atoms with Crippen LogP contribution in [0.4, 0.5) is 5.82 Å². The van der Waals surface area contributed by atoms with Crippen LogP contribution >= 0.6 is 0 Å². The van der Waals surface area contributed by atoms with E-state index in [1.807, 2.05) is 12.1 Å². The van der Waals surface area contributed by atoms with Crippen molar-refractivity contribution in [2.75, 3.05) is 18.5 Å². The lowest BCUT2D eigenvalue weighted by Gasteiger charge is -2.43. The molecule has 24 heavy (non-hydrogen) atoms. The summed E-state index contributed by atoms with van der Waals surface area (Å²) in [5.41, 5.74) is 0.650. The molecule has 0 radical (unpaired) electrons. The molecule has 5 nitrogen and oxygen atoms in total. The first-order valence-electron chi connectivity index (χ1n) is 8.96. The maximum atomic E-state index is 11.9. The van der Waals surface area contributed by atoms with E-state index in [0.29, 0.717) is 18.2 Å². The topological polar surface area (TPSA) is 63.2 Å². The zero-order valence-corrected chi connectivity index (χ0v) is 14.2. The average molecular weight is 329 g/mol. The van der Waals surface area contributed by atoms with E-state index in [1.165, 1.54) is 32.1 Å². The predicted molar refractivity (Wildman–Crippen MR) is 95.2 cm³/mol. The number of carbonyl (C=O) groups excluding carboxylic acids is 1. The third-order valence-corrected chi connectivity index (χ3v) is 5.04. The summed E-state index contributed by atoms with van der Waals surface area (Å²) in [6.07, 6.45) is 11.6. The van der Waals surface area contributed by atoms with Crippen LogP contribution in [0.3, 0.4) is 0 Å². The van der Waals surface area contributed by atoms with Crippen molar-refractivity contribution < 1.29 is 9.53 Å². The van der Waals surface area contributed by atoms with Crippen LogP contribution in [0, 0.1) is 0 Å². The van der Waals surface area contributed by atoms with E-state index in [4.69, 9.17) is 4.74 Å². The van der Waals surface area contributed by atoms with E-state index < -0.39 is 0 Å². The summed E-state index contributed by atoms with van der Waals surface area (Å²) in [6, 6.07) is 4.08. The highest BCUT2D eigenvalue weighted by molar-refractivity contribution is 5.94. The quantitative estimate of drug-likeness (QED) is 0.814. The second-order valence-corrected chi connectivity index (χ2v) is 6.86. The second-order valence-electron chi connectivity index (χ2n) is 6.86. The lowest BCUT2D eigenvalue weighted by Crippen LogP contribution is -2.45. The maximum Gasteiger partial charge on any atom is 0.253 e. The number of pyridine rings is 1. The molecular formula is C19H27N3O2. The molecule has 1 amide bonds. The molecule has 1 atom stereocenters. The van der Waals surface area contributed by atoms with Gasteiger partial charge in [0, 0.05) is 25.4 Å². The van der Waals surface area contributed by atoms with Crippen molar-refractivity contribution in [1.82, 2.24) is 10.3 Å². The molecule has 1 spiro atoms. The van der Waals surface area contributed by atoms with Crippen LogP contribution in [-0.4, -0.2) is 35.7 Å². The number of hydrogen-bond donors (Lipinski definition) is 2. The van der Waals surface area contributed by atoms with Gasteiger partial charge in [0.1, 0.15) is 5.82 Å². The molecular weight excluding hydrogens is 302 g/mol. The van der Waals surface area contributed by atoms with Crippen LogP contribution in [0.1, 0.15) is 55.3 Å². The summed E-state index contributed by atoms with van der Waals surface area (Å²) in [5, 5.41) is 6.28. The van der Waals surface area contributed by atoms with Crippen molar-refractivity contribution in [3.05, 3.63) is 36.5 Å². The highest BCUT2D eigenvalue weighted by atomic mass is 16.5. The molecule has 1 aromatic heterocycles. The zero-order valence-electron chi connectivity index (χ0n) is 14.2. The first-order chi connectivity index (χ1) is 11.7. The minimum absolute atomic E-state index is 0.0820. The van der Waals surface area contributed by atoms with Gasteiger partial charge in [-0.3, -0.25) is 4.79 Å². The number of rotatable bonds is 5. The predicted octanol–water partition coefficient (Wildman–Crippen LogP) is 3.29. The van der Waals surface area contributed by atoms with Crippen LogP contribution in [0.2, 0.25) is 0 Å². The number of amides is 1. The molecule has 1 aromatic rings. The lowest BCUT2D eigenvalue weighted by atomic mass is 9.78. The molecule has 2 aliphatic rings. The summed E-state index contributed by atoms with van der Waals surface area (Å²) in [7, 11) is 0. The highest BCUT2D eigenvalue weighted by Gasteiger charge is 2.38. The van der Waals surface area contributed by atoms with Gasteiger partial charge < -0.3 is 15.4 Å². The lowest BCUT2D eigenvalue weighted by molar-refractivity contribution is -0.103. The number of aromatic nitrogens is 1. The van der Waals surface area contributed by atoms with E-state index >= 15 is 0 Å². The Morgan fingerprint density at radius 1 is 1.38 bits per heavy atom. The Morgan fingerprint density at radius 2 is 2.21 bits per heavy atom. The van der Waals surface area contributed by atoms with Gasteiger partial charge in [0.2, 0.25) is 0 Å². The van der Waals surface area contributed by atoms with Crippen LogP contribution in [0.15, 0.2) is 31.0 Å². The van der Waals surface area contributed by atoms with Crippen molar-refractivity contribution in [1.29, 1.82) is 0 Å². The van der Waals surface area contributed by atoms with Crippen molar-refractivity contribution in [3.8, 4) is 0 Å². The fourth-order valence-corrected chi connectivity index (χ4v) is 3.79. The van der Waals surface area contributed by atoms with Gasteiger partial charge in [0.25, 0.3) is 5.91 Å². The minimum atomic E-state index is -0.124. The summed E-state index contributed by atoms with van der Waals surface area (Å²) in [4.78, 5) is 16.3. The smallest absolute Gasteiger partial charge is 0.253 e. The Bertz CT molecular complexity index is 559. The molecule has 130 valence electrons. The van der Waals surface area contributed by atoms with Gasteiger partial charge in [-0.1, -0.05) is 25.3 Å². The van der Waals surface area contributed by atoms with E-state index in [2.05, 4.69) is 22.2 Å². The van der Waals surface area contributed by atoms with Gasteiger partial charge in [-0.05, 0) is 37.8 Å². The third-order valence-electron chi connectivity index (χ3n) is 5.04. The Kier molecular flexibility index (Phi) is 5.51. The number of nitrogens with zero attached hydrogens (tertiary/aromatic N) is 1. The molecule has 2 fully saturated rings. The molecule has 1 saturated heterocycles. The van der Waals surface area contributed by atoms with Gasteiger partial charge in [-0.2, -0.15) is 0 Å². The molecule has 0 aromatic carbocycles. The normalized spacial score (nSPS) is 22.8. The van der Waals surface area contributed by atoms with Gasteiger partial charge in [-0.15, -0.1) is 6.58 Å². The van der Waals surface area contributed by atoms with Gasteiger partial charge in [-0.25, -0.2) is 4.98 Å². The summed E-state index contributed by atoms with van der Waals surface area (Å²) in [5.74, 6) is 0.703. The highest BCUT2D eigenvalue weighted by Crippen LogP contribution is 2.39. The number of hydrogen-bond acceptors (Lipinski definition) is 4. The van der Waals surface area contributed by atoms with E-state index in [9.17, 15) is 4.79 Å². The number of nitrogens with one attached hydrogen (secondary N) is 2. The molecule has 5 heteroatoms. The number of anilines is 1. The van der Waals surface area contributed by atoms with Crippen molar-refractivity contribution in [2.45, 2.75) is 56.6 Å². The Morgan fingerprint density at radius 3 is 2.92 bits per heavy atom. The summed E-state index contributed by atoms with van der Waals surface area (Å²) < 4.78 is 6.14. The van der Waals surface area contributed by atoms with Crippen LogP contribution in [0.25, 0.3) is 0 Å². The second kappa shape index (κ2) is 7.79. The molecule has 2 heterocycles. The summed E-state index contributed by atoms with van der Waals surface area (Å²) in [6.45, 7) is 4.87. The SMILES string of the molecule is C=CCNC(=O)c1ccc(NC2CCOC3(CCCCC3)C2)nc1. The first-order valence-corrected chi connectivity index (χ1v) is 8.96. The third kappa shape index (κ3) is 4.15. The van der Waals surface area contributed by atoms with E-state index in [-0.39, 0.29) is 11.5 Å². The summed E-state index contributed by atoms with van der Waals surface area (Å²) >= 11 is 0. The number of carbonyl (C=O) groups is 1. The maximum absolute atomic E-state index is 11.9. The van der Waals surface area contributed by atoms with Gasteiger partial charge in [0.15, 0.2) is 0 Å². The number of ether oxygens (including phenoxy) is 1. The van der Waals surface area contributed by atoms with Crippen LogP contribution in [0.5, 0.6) is 0 Å². The van der Waals surface area contributed by atoms with Crippen molar-refractivity contribution >= 4 is 11.7 Å². The fraction of sp³-hybridized carbons (Fsp3) is 0.579. The van der Waals surface area contributed by atoms with Gasteiger partial charge in [0.05, 0.1) is 11.2 Å². The Hall–Kier alpha value is -1.88. The van der Waals surface area contributed by atoms with E-state index in [1.54, 1.807) is 12.3 Å². The minimum Gasteiger partial charge on any atom is -0.375 e. The average Bonchev–Trinajstić information content (AvgIpc) is 2.61. The Balaban J connectivity index is 1.57. The zero-order chi connectivity index (χ0) is 16.8. The molecule has 3 rings (SSSR count). The first kappa shape index (κ1) is 17.0. The molecule has 1 aliphatic carbocycles. The molecule has 1 unspecified atom stereocenters.